The number of nitrogens with one attached hydrogen (secondary N) is 1. The summed E-state index contributed by atoms with van der Waals surface area (Å²) in [6.07, 6.45) is 50.0. The maximum absolute atomic E-state index is 13.4. The van der Waals surface area contributed by atoms with Crippen LogP contribution in [0.25, 0.3) is 0 Å². The lowest BCUT2D eigenvalue weighted by molar-refractivity contribution is -0.379. The van der Waals surface area contributed by atoms with Crippen molar-refractivity contribution in [3.63, 3.8) is 0 Å². The molecule has 0 saturated carbocycles. The van der Waals surface area contributed by atoms with E-state index in [1.807, 2.05) is 6.08 Å². The summed E-state index contributed by atoms with van der Waals surface area (Å²) in [5.74, 6) is -0.311. The fourth-order valence-electron chi connectivity index (χ4n) is 11.0. The molecule has 0 bridgehead atoms. The minimum absolute atomic E-state index is 0.204. The van der Waals surface area contributed by atoms with Crippen LogP contribution in [0, 0.1) is 0 Å². The second-order valence-electron chi connectivity index (χ2n) is 24.6. The van der Waals surface area contributed by atoms with Crippen LogP contribution in [-0.4, -0.2) is 193 Å². The van der Waals surface area contributed by atoms with Crippen LogP contribution in [-0.2, 0) is 33.2 Å². The van der Waals surface area contributed by atoms with Crippen LogP contribution in [0.5, 0.6) is 0 Å². The number of carbonyl (C=O) groups is 1. The summed E-state index contributed by atoms with van der Waals surface area (Å²) >= 11 is 0. The van der Waals surface area contributed by atoms with Crippen LogP contribution >= 0.6 is 0 Å². The van der Waals surface area contributed by atoms with Crippen molar-refractivity contribution in [2.75, 3.05) is 26.4 Å². The summed E-state index contributed by atoms with van der Waals surface area (Å²) in [6, 6.07) is -1.01. The molecule has 3 fully saturated rings. The zero-order valence-electron chi connectivity index (χ0n) is 56.6. The Kier molecular flexibility index (Phi) is 49.1. The molecule has 12 N–H and O–H groups in total. The van der Waals surface area contributed by atoms with Gasteiger partial charge in [0.25, 0.3) is 0 Å². The van der Waals surface area contributed by atoms with Gasteiger partial charge in [0, 0.05) is 6.42 Å². The van der Waals surface area contributed by atoms with Crippen molar-refractivity contribution in [1.82, 2.24) is 5.32 Å². The molecule has 3 heterocycles. The van der Waals surface area contributed by atoms with Crippen molar-refractivity contribution < 1.29 is 89.4 Å². The van der Waals surface area contributed by atoms with Crippen LogP contribution in [0.2, 0.25) is 0 Å². The lowest BCUT2D eigenvalue weighted by Crippen LogP contribution is -2.66. The highest BCUT2D eigenvalue weighted by Crippen LogP contribution is 2.33. The SMILES string of the molecule is CC/C=C\C/C=C\C/C=C\C/C=C\C/C=C\C/C=C\C/C=C\C/C=C\C/C=C\CCCCCCCC(=O)NC(COC1OC(CO)C(OC2OC(CO)C(OC3OC(CO)C(O)C(O)C3O)C(O)C2O)C(O)C1O)C(O)/C=C/CC/C=C/CCCCCCCCCCCC. The summed E-state index contributed by atoms with van der Waals surface area (Å²) in [7, 11) is 0. The Morgan fingerprint density at radius 2 is 0.745 bits per heavy atom. The molecule has 0 aliphatic carbocycles. The molecule has 3 rings (SSSR count). The average molecular weight is 1330 g/mol. The van der Waals surface area contributed by atoms with Gasteiger partial charge in [0.2, 0.25) is 5.91 Å². The molecule has 3 aliphatic heterocycles. The number of rotatable bonds is 52. The molecular weight excluding hydrogens is 1200 g/mol. The van der Waals surface area contributed by atoms with Gasteiger partial charge in [0.15, 0.2) is 18.9 Å². The summed E-state index contributed by atoms with van der Waals surface area (Å²) in [4.78, 5) is 13.4. The lowest BCUT2D eigenvalue weighted by Gasteiger charge is -2.48. The number of aliphatic hydroxyl groups is 11. The van der Waals surface area contributed by atoms with E-state index in [1.54, 1.807) is 6.08 Å². The van der Waals surface area contributed by atoms with Crippen LogP contribution in [0.15, 0.2) is 134 Å². The van der Waals surface area contributed by atoms with E-state index in [9.17, 15) is 61.0 Å². The Bertz CT molecular complexity index is 2220. The fraction of sp³-hybridized carbons (Fsp3) is 0.693. The predicted octanol–water partition coefficient (Wildman–Crippen LogP) is 9.77. The maximum Gasteiger partial charge on any atom is 0.220 e. The number of hydrogen-bond acceptors (Lipinski definition) is 18. The van der Waals surface area contributed by atoms with Gasteiger partial charge in [0.05, 0.1) is 38.6 Å². The quantitative estimate of drug-likeness (QED) is 0.0199. The summed E-state index contributed by atoms with van der Waals surface area (Å²) in [5.41, 5.74) is 0. The molecule has 0 spiro atoms. The van der Waals surface area contributed by atoms with Crippen molar-refractivity contribution in [2.45, 2.75) is 304 Å². The van der Waals surface area contributed by atoms with Gasteiger partial charge in [0.1, 0.15) is 73.2 Å². The van der Waals surface area contributed by atoms with E-state index in [0.29, 0.717) is 12.8 Å². The fourth-order valence-corrected chi connectivity index (χ4v) is 11.0. The van der Waals surface area contributed by atoms with E-state index in [0.717, 1.165) is 109 Å². The number of unbranched alkanes of at least 4 members (excludes halogenated alkanes) is 16. The van der Waals surface area contributed by atoms with Gasteiger partial charge in [-0.25, -0.2) is 0 Å². The van der Waals surface area contributed by atoms with Gasteiger partial charge >= 0.3 is 0 Å². The van der Waals surface area contributed by atoms with Gasteiger partial charge in [-0.1, -0.05) is 225 Å². The van der Waals surface area contributed by atoms with Crippen molar-refractivity contribution >= 4 is 5.91 Å². The van der Waals surface area contributed by atoms with Gasteiger partial charge in [-0.3, -0.25) is 4.79 Å². The molecule has 3 aliphatic rings. The van der Waals surface area contributed by atoms with Gasteiger partial charge in [-0.15, -0.1) is 0 Å². The standard InChI is InChI=1S/C75H123NO18/c1-3-5-7-9-11-13-15-17-19-21-22-23-24-25-26-27-28-29-30-31-32-33-34-35-36-37-39-41-43-45-47-49-51-53-63(81)76-58(59(80)52-50-48-46-44-42-40-38-20-18-16-14-12-10-8-6-4-2)57-89-73-69(87)66(84)71(61(55-78)91-73)94-75-70(88)67(85)72(62(56-79)92-75)93-74-68(86)65(83)64(82)60(54-77)90-74/h5,7,11,13,17,19,22-23,25-26,28-29,31-32,34-35,37,39,42,44,50,52,58-62,64-75,77-80,82-88H,3-4,6,8-10,12,14-16,18,20-21,24,27,30,33,36,38,40-41,43,45-49,51,53-57H2,1-2H3,(H,76,81)/b7-5-,13-11-,19-17-,23-22-,26-25-,29-28-,32-31-,35-34-,39-37-,44-42+,52-50+. The van der Waals surface area contributed by atoms with Crippen LogP contribution in [0.3, 0.4) is 0 Å². The van der Waals surface area contributed by atoms with Crippen LogP contribution < -0.4 is 5.32 Å². The summed E-state index contributed by atoms with van der Waals surface area (Å²) < 4.78 is 34.3. The number of ether oxygens (including phenoxy) is 6. The zero-order chi connectivity index (χ0) is 68.2. The number of amides is 1. The molecule has 0 aromatic carbocycles. The molecule has 0 radical (unpaired) electrons. The largest absolute Gasteiger partial charge is 0.394 e. The monoisotopic (exact) mass is 1330 g/mol. The average Bonchev–Trinajstić information content (AvgIpc) is 0.787. The van der Waals surface area contributed by atoms with Crippen molar-refractivity contribution in [2.24, 2.45) is 0 Å². The number of allylic oxidation sites excluding steroid dienone is 21. The Labute approximate surface area is 562 Å². The van der Waals surface area contributed by atoms with E-state index in [4.69, 9.17) is 28.4 Å². The Morgan fingerprint density at radius 3 is 1.19 bits per heavy atom. The highest BCUT2D eigenvalue weighted by Gasteiger charge is 2.53. The minimum atomic E-state index is -1.99. The first-order chi connectivity index (χ1) is 45.8. The molecule has 3 saturated heterocycles. The molecule has 536 valence electrons. The topological polar surface area (TPSA) is 307 Å². The Balaban J connectivity index is 1.42. The minimum Gasteiger partial charge on any atom is -0.394 e. The first-order valence-corrected chi connectivity index (χ1v) is 35.4. The van der Waals surface area contributed by atoms with Crippen LogP contribution in [0.1, 0.15) is 200 Å². The molecule has 17 atom stereocenters. The third kappa shape index (κ3) is 36.0. The number of hydrogen-bond donors (Lipinski definition) is 12. The lowest BCUT2D eigenvalue weighted by atomic mass is 9.96. The summed E-state index contributed by atoms with van der Waals surface area (Å²) in [5, 5.41) is 120. The Morgan fingerprint density at radius 1 is 0.394 bits per heavy atom. The molecule has 17 unspecified atom stereocenters. The van der Waals surface area contributed by atoms with Crippen LogP contribution in [0.4, 0.5) is 0 Å². The highest BCUT2D eigenvalue weighted by atomic mass is 16.8. The van der Waals surface area contributed by atoms with Gasteiger partial charge in [-0.2, -0.15) is 0 Å². The third-order valence-electron chi connectivity index (χ3n) is 16.7. The Hall–Kier alpha value is -4.07. The van der Waals surface area contributed by atoms with Crippen molar-refractivity contribution in [1.29, 1.82) is 0 Å². The first-order valence-electron chi connectivity index (χ1n) is 35.4. The van der Waals surface area contributed by atoms with Crippen molar-refractivity contribution in [3.8, 4) is 0 Å². The van der Waals surface area contributed by atoms with Gasteiger partial charge < -0.3 is 89.9 Å². The molecule has 0 aromatic rings. The highest BCUT2D eigenvalue weighted by molar-refractivity contribution is 5.76. The molecule has 19 nitrogen and oxygen atoms in total. The smallest absolute Gasteiger partial charge is 0.220 e. The maximum atomic E-state index is 13.4. The molecule has 0 aromatic heterocycles. The van der Waals surface area contributed by atoms with E-state index in [1.165, 1.54) is 57.8 Å². The predicted molar refractivity (Wildman–Crippen MR) is 369 cm³/mol. The molecule has 1 amide bonds. The van der Waals surface area contributed by atoms with Gasteiger partial charge in [-0.05, 0) is 103 Å². The van der Waals surface area contributed by atoms with E-state index in [-0.39, 0.29) is 18.9 Å². The van der Waals surface area contributed by atoms with E-state index >= 15 is 0 Å². The normalized spacial score (nSPS) is 28.2. The van der Waals surface area contributed by atoms with Crippen molar-refractivity contribution in [3.05, 3.63) is 134 Å². The third-order valence-corrected chi connectivity index (χ3v) is 16.7. The zero-order valence-corrected chi connectivity index (χ0v) is 56.6. The molecular formula is C75H123NO18. The molecule has 19 heteroatoms. The second-order valence-corrected chi connectivity index (χ2v) is 24.6. The number of aliphatic hydroxyl groups excluding tert-OH is 11. The number of carbonyl (C=O) groups excluding carboxylic acids is 1. The van der Waals surface area contributed by atoms with E-state index in [2.05, 4.69) is 141 Å². The first kappa shape index (κ1) is 84.2. The summed E-state index contributed by atoms with van der Waals surface area (Å²) in [6.45, 7) is 1.56. The second kappa shape index (κ2) is 54.9. The molecule has 94 heavy (non-hydrogen) atoms. The van der Waals surface area contributed by atoms with E-state index < -0.39 is 124 Å².